The van der Waals surface area contributed by atoms with Gasteiger partial charge in [0.15, 0.2) is 0 Å². The third-order valence-electron chi connectivity index (χ3n) is 4.21. The van der Waals surface area contributed by atoms with Gasteiger partial charge in [-0.15, -0.1) is 0 Å². The summed E-state index contributed by atoms with van der Waals surface area (Å²) in [5, 5.41) is 9.58. The largest absolute Gasteiger partial charge is 0.335 e. The second-order valence-corrected chi connectivity index (χ2v) is 6.38. The van der Waals surface area contributed by atoms with Gasteiger partial charge in [-0.05, 0) is 50.1 Å². The Kier molecular flexibility index (Phi) is 5.49. The number of nitrogens with zero attached hydrogens (tertiary/aromatic N) is 2. The molecule has 0 bridgehead atoms. The number of carbonyl (C=O) groups excluding carboxylic acids is 1. The molecule has 0 spiro atoms. The molecule has 6 nitrogen and oxygen atoms in total. The molecule has 2 amide bonds. The number of aromatic nitrogens is 2. The van der Waals surface area contributed by atoms with Crippen molar-refractivity contribution in [2.75, 3.05) is 5.32 Å². The molecule has 2 aromatic carbocycles. The fourth-order valence-corrected chi connectivity index (χ4v) is 2.41. The molecule has 2 N–H and O–H groups in total. The Morgan fingerprint density at radius 2 is 2.04 bits per heavy atom. The van der Waals surface area contributed by atoms with Crippen molar-refractivity contribution in [1.82, 2.24) is 15.5 Å². The number of nitrogens with one attached hydrogen (secondary N) is 2. The van der Waals surface area contributed by atoms with Gasteiger partial charge in [0.05, 0.1) is 0 Å². The number of halogens is 1. The Morgan fingerprint density at radius 3 is 2.78 bits per heavy atom. The zero-order valence-corrected chi connectivity index (χ0v) is 15.4. The number of rotatable bonds is 5. The summed E-state index contributed by atoms with van der Waals surface area (Å²) in [5.74, 6) is 0.263. The van der Waals surface area contributed by atoms with E-state index < -0.39 is 0 Å². The lowest BCUT2D eigenvalue weighted by atomic mass is 10.1. The molecule has 0 aliphatic rings. The van der Waals surface area contributed by atoms with E-state index in [9.17, 15) is 9.18 Å². The summed E-state index contributed by atoms with van der Waals surface area (Å²) in [4.78, 5) is 16.3. The van der Waals surface area contributed by atoms with Crippen LogP contribution in [0.25, 0.3) is 22.8 Å². The lowest BCUT2D eigenvalue weighted by Crippen LogP contribution is -2.35. The topological polar surface area (TPSA) is 80.0 Å². The minimum absolute atomic E-state index is 0.0860. The number of aryl methyl sites for hydroxylation is 1. The van der Waals surface area contributed by atoms with Crippen LogP contribution in [0.4, 0.5) is 14.9 Å². The molecule has 7 heteroatoms. The molecule has 0 aliphatic carbocycles. The fraction of sp³-hybridized carbons (Fsp3) is 0.250. The first-order chi connectivity index (χ1) is 13.0. The zero-order chi connectivity index (χ0) is 19.4. The van der Waals surface area contributed by atoms with Crippen molar-refractivity contribution in [2.45, 2.75) is 33.2 Å². The van der Waals surface area contributed by atoms with Gasteiger partial charge in [0, 0.05) is 22.9 Å². The molecule has 27 heavy (non-hydrogen) atoms. The van der Waals surface area contributed by atoms with E-state index in [0.29, 0.717) is 28.2 Å². The van der Waals surface area contributed by atoms with Crippen molar-refractivity contribution in [3.63, 3.8) is 0 Å². The number of benzene rings is 2. The molecular formula is C20H21FN4O2. The van der Waals surface area contributed by atoms with E-state index in [0.717, 1.165) is 6.42 Å². The number of carbonyl (C=O) groups is 1. The van der Waals surface area contributed by atoms with E-state index in [-0.39, 0.29) is 23.8 Å². The van der Waals surface area contributed by atoms with Gasteiger partial charge >= 0.3 is 6.03 Å². The maximum Gasteiger partial charge on any atom is 0.319 e. The highest BCUT2D eigenvalue weighted by Gasteiger charge is 2.13. The highest BCUT2D eigenvalue weighted by molar-refractivity contribution is 5.90. The van der Waals surface area contributed by atoms with Crippen molar-refractivity contribution < 1.29 is 13.7 Å². The first kappa shape index (κ1) is 18.6. The molecule has 140 valence electrons. The first-order valence-corrected chi connectivity index (χ1v) is 8.74. The molecule has 0 saturated carbocycles. The Hall–Kier alpha value is -3.22. The van der Waals surface area contributed by atoms with E-state index in [2.05, 4.69) is 20.8 Å². The summed E-state index contributed by atoms with van der Waals surface area (Å²) in [6, 6.07) is 11.7. The van der Waals surface area contributed by atoms with Crippen molar-refractivity contribution in [3.8, 4) is 22.8 Å². The molecule has 0 aliphatic heterocycles. The van der Waals surface area contributed by atoms with Crippen molar-refractivity contribution in [3.05, 3.63) is 53.8 Å². The van der Waals surface area contributed by atoms with Gasteiger partial charge in [0.1, 0.15) is 5.82 Å². The van der Waals surface area contributed by atoms with E-state index in [1.54, 1.807) is 37.3 Å². The van der Waals surface area contributed by atoms with Gasteiger partial charge in [-0.3, -0.25) is 0 Å². The standard InChI is InChI=1S/C20H21FN4O2/c1-4-13(3)22-20(26)23-16-7-5-6-14(10-16)18-24-19(27-25-18)15-9-8-12(2)17(21)11-15/h5-11,13H,4H2,1-3H3,(H2,22,23,26)/t13-/m0/s1. The molecule has 0 fully saturated rings. The average Bonchev–Trinajstić information content (AvgIpc) is 3.14. The Morgan fingerprint density at radius 1 is 1.22 bits per heavy atom. The number of anilines is 1. The molecule has 3 aromatic rings. The quantitative estimate of drug-likeness (QED) is 0.680. The van der Waals surface area contributed by atoms with Gasteiger partial charge in [-0.25, -0.2) is 9.18 Å². The van der Waals surface area contributed by atoms with Crippen LogP contribution in [-0.4, -0.2) is 22.2 Å². The van der Waals surface area contributed by atoms with Gasteiger partial charge < -0.3 is 15.2 Å². The van der Waals surface area contributed by atoms with Gasteiger partial charge in [0.25, 0.3) is 5.89 Å². The monoisotopic (exact) mass is 368 g/mol. The highest BCUT2D eigenvalue weighted by Crippen LogP contribution is 2.25. The second-order valence-electron chi connectivity index (χ2n) is 6.38. The lowest BCUT2D eigenvalue weighted by molar-refractivity contribution is 0.249. The fourth-order valence-electron chi connectivity index (χ4n) is 2.41. The second kappa shape index (κ2) is 7.99. The normalized spacial score (nSPS) is 11.9. The highest BCUT2D eigenvalue weighted by atomic mass is 19.1. The predicted octanol–water partition coefficient (Wildman–Crippen LogP) is 4.77. The molecule has 1 aromatic heterocycles. The van der Waals surface area contributed by atoms with E-state index in [1.165, 1.54) is 6.07 Å². The third kappa shape index (κ3) is 4.49. The van der Waals surface area contributed by atoms with Gasteiger partial charge in [0.2, 0.25) is 5.82 Å². The van der Waals surface area contributed by atoms with Crippen LogP contribution in [0.3, 0.4) is 0 Å². The summed E-state index contributed by atoms with van der Waals surface area (Å²) >= 11 is 0. The van der Waals surface area contributed by atoms with Crippen LogP contribution in [0.1, 0.15) is 25.8 Å². The van der Waals surface area contributed by atoms with Crippen molar-refractivity contribution in [1.29, 1.82) is 0 Å². The Labute approximate surface area is 156 Å². The van der Waals surface area contributed by atoms with Crippen molar-refractivity contribution in [2.24, 2.45) is 0 Å². The molecule has 1 atom stereocenters. The molecular weight excluding hydrogens is 347 g/mol. The van der Waals surface area contributed by atoms with Crippen LogP contribution in [0.5, 0.6) is 0 Å². The molecule has 1 heterocycles. The van der Waals surface area contributed by atoms with Crippen LogP contribution in [-0.2, 0) is 0 Å². The zero-order valence-electron chi connectivity index (χ0n) is 15.4. The summed E-state index contributed by atoms with van der Waals surface area (Å²) < 4.78 is 19.0. The molecule has 3 rings (SSSR count). The Bertz CT molecular complexity index is 955. The van der Waals surface area contributed by atoms with E-state index in [4.69, 9.17) is 4.52 Å². The van der Waals surface area contributed by atoms with Crippen LogP contribution in [0, 0.1) is 12.7 Å². The van der Waals surface area contributed by atoms with Crippen LogP contribution in [0.15, 0.2) is 47.0 Å². The summed E-state index contributed by atoms with van der Waals surface area (Å²) in [5.41, 5.74) is 2.35. The summed E-state index contributed by atoms with van der Waals surface area (Å²) in [7, 11) is 0. The number of amides is 2. The first-order valence-electron chi connectivity index (χ1n) is 8.74. The average molecular weight is 368 g/mol. The van der Waals surface area contributed by atoms with E-state index in [1.807, 2.05) is 19.9 Å². The summed E-state index contributed by atoms with van der Waals surface area (Å²) in [6.07, 6.45) is 0.846. The van der Waals surface area contributed by atoms with E-state index >= 15 is 0 Å². The number of urea groups is 1. The minimum Gasteiger partial charge on any atom is -0.335 e. The van der Waals surface area contributed by atoms with Crippen molar-refractivity contribution >= 4 is 11.7 Å². The lowest BCUT2D eigenvalue weighted by Gasteiger charge is -2.12. The smallest absolute Gasteiger partial charge is 0.319 e. The Balaban J connectivity index is 1.78. The number of hydrogen-bond acceptors (Lipinski definition) is 4. The van der Waals surface area contributed by atoms with Crippen LogP contribution >= 0.6 is 0 Å². The van der Waals surface area contributed by atoms with Crippen LogP contribution in [0.2, 0.25) is 0 Å². The number of hydrogen-bond donors (Lipinski definition) is 2. The predicted molar refractivity (Wildman–Crippen MR) is 102 cm³/mol. The van der Waals surface area contributed by atoms with Gasteiger partial charge in [-0.1, -0.05) is 30.3 Å². The third-order valence-corrected chi connectivity index (χ3v) is 4.21. The summed E-state index contributed by atoms with van der Waals surface area (Å²) in [6.45, 7) is 5.62. The SMILES string of the molecule is CC[C@H](C)NC(=O)Nc1cccc(-c2noc(-c3ccc(C)c(F)c3)n2)c1. The molecule has 0 radical (unpaired) electrons. The van der Waals surface area contributed by atoms with Crippen LogP contribution < -0.4 is 10.6 Å². The minimum atomic E-state index is -0.328. The molecule has 0 saturated heterocycles. The molecule has 0 unspecified atom stereocenters. The maximum atomic E-state index is 13.7. The van der Waals surface area contributed by atoms with Gasteiger partial charge in [-0.2, -0.15) is 4.98 Å². The maximum absolute atomic E-state index is 13.7.